The van der Waals surface area contributed by atoms with Crippen LogP contribution in [-0.4, -0.2) is 31.2 Å². The minimum absolute atomic E-state index is 0. The summed E-state index contributed by atoms with van der Waals surface area (Å²) in [5.74, 6) is 2.02. The van der Waals surface area contributed by atoms with E-state index in [1.54, 1.807) is 0 Å². The highest BCUT2D eigenvalue weighted by Gasteiger charge is 2.25. The van der Waals surface area contributed by atoms with E-state index in [4.69, 9.17) is 9.47 Å². The Kier molecular flexibility index (Phi) is 6.96. The maximum atomic E-state index is 12.5. The van der Waals surface area contributed by atoms with Crippen LogP contribution < -0.4 is 20.1 Å². The Bertz CT molecular complexity index is 609. The van der Waals surface area contributed by atoms with Gasteiger partial charge in [0.05, 0.1) is 6.61 Å². The highest BCUT2D eigenvalue weighted by molar-refractivity contribution is 5.85. The van der Waals surface area contributed by atoms with E-state index < -0.39 is 0 Å². The SMILES string of the molecule is CCOc1cc2c(cc1CNC(=O)[C@H]1CCN[C@@H](C)C1)OC(C)C2.Cl. The Morgan fingerprint density at radius 2 is 2.20 bits per heavy atom. The molecule has 1 fully saturated rings. The summed E-state index contributed by atoms with van der Waals surface area (Å²) in [6, 6.07) is 4.49. The lowest BCUT2D eigenvalue weighted by Gasteiger charge is -2.27. The first-order valence-electron chi connectivity index (χ1n) is 9.03. The molecule has 140 valence electrons. The topological polar surface area (TPSA) is 59.6 Å². The Hall–Kier alpha value is -1.46. The van der Waals surface area contributed by atoms with Crippen molar-refractivity contribution in [1.82, 2.24) is 10.6 Å². The molecule has 1 aromatic rings. The summed E-state index contributed by atoms with van der Waals surface area (Å²) in [5, 5.41) is 6.47. The number of nitrogens with one attached hydrogen (secondary N) is 2. The van der Waals surface area contributed by atoms with Gasteiger partial charge in [0.25, 0.3) is 0 Å². The fourth-order valence-electron chi connectivity index (χ4n) is 3.61. The van der Waals surface area contributed by atoms with E-state index in [-0.39, 0.29) is 30.3 Å². The van der Waals surface area contributed by atoms with Crippen LogP contribution in [0.4, 0.5) is 0 Å². The summed E-state index contributed by atoms with van der Waals surface area (Å²) >= 11 is 0. The summed E-state index contributed by atoms with van der Waals surface area (Å²) in [4.78, 5) is 12.5. The highest BCUT2D eigenvalue weighted by Crippen LogP contribution is 2.35. The molecule has 3 rings (SSSR count). The third-order valence-corrected chi connectivity index (χ3v) is 4.83. The first kappa shape index (κ1) is 19.9. The van der Waals surface area contributed by atoms with Gasteiger partial charge in [0.1, 0.15) is 17.6 Å². The quantitative estimate of drug-likeness (QED) is 0.839. The number of hydrogen-bond donors (Lipinski definition) is 2. The molecule has 1 amide bonds. The van der Waals surface area contributed by atoms with E-state index in [2.05, 4.69) is 30.5 Å². The van der Waals surface area contributed by atoms with Gasteiger partial charge in [-0.3, -0.25) is 4.79 Å². The van der Waals surface area contributed by atoms with Crippen molar-refractivity contribution < 1.29 is 14.3 Å². The molecular weight excluding hydrogens is 340 g/mol. The molecule has 2 aliphatic rings. The average Bonchev–Trinajstić information content (AvgIpc) is 2.91. The summed E-state index contributed by atoms with van der Waals surface area (Å²) in [6.07, 6.45) is 2.92. The molecule has 0 aromatic heterocycles. The monoisotopic (exact) mass is 368 g/mol. The van der Waals surface area contributed by atoms with Gasteiger partial charge in [-0.1, -0.05) is 0 Å². The molecule has 1 saturated heterocycles. The lowest BCUT2D eigenvalue weighted by molar-refractivity contribution is -0.126. The second kappa shape index (κ2) is 8.77. The number of halogens is 1. The van der Waals surface area contributed by atoms with Crippen LogP contribution in [0.1, 0.15) is 44.7 Å². The first-order chi connectivity index (χ1) is 11.6. The van der Waals surface area contributed by atoms with Crippen LogP contribution in [0.5, 0.6) is 11.5 Å². The van der Waals surface area contributed by atoms with Crippen molar-refractivity contribution in [2.24, 2.45) is 5.92 Å². The van der Waals surface area contributed by atoms with Gasteiger partial charge >= 0.3 is 0 Å². The smallest absolute Gasteiger partial charge is 0.223 e. The van der Waals surface area contributed by atoms with Crippen molar-refractivity contribution >= 4 is 18.3 Å². The Balaban J connectivity index is 0.00000225. The lowest BCUT2D eigenvalue weighted by Crippen LogP contribution is -2.42. The zero-order valence-corrected chi connectivity index (χ0v) is 16.1. The molecule has 2 aliphatic heterocycles. The summed E-state index contributed by atoms with van der Waals surface area (Å²) in [7, 11) is 0. The van der Waals surface area contributed by atoms with Crippen LogP contribution in [0.2, 0.25) is 0 Å². The number of benzene rings is 1. The predicted octanol–water partition coefficient (Wildman–Crippen LogP) is 2.83. The number of amides is 1. The molecule has 2 heterocycles. The van der Waals surface area contributed by atoms with Crippen molar-refractivity contribution in [2.45, 2.75) is 58.7 Å². The third-order valence-electron chi connectivity index (χ3n) is 4.83. The van der Waals surface area contributed by atoms with Crippen molar-refractivity contribution in [2.75, 3.05) is 13.2 Å². The molecule has 1 aromatic carbocycles. The maximum Gasteiger partial charge on any atom is 0.223 e. The second-order valence-electron chi connectivity index (χ2n) is 6.93. The fraction of sp³-hybridized carbons (Fsp3) is 0.632. The maximum absolute atomic E-state index is 12.5. The average molecular weight is 369 g/mol. The number of hydrogen-bond acceptors (Lipinski definition) is 4. The van der Waals surface area contributed by atoms with E-state index >= 15 is 0 Å². The summed E-state index contributed by atoms with van der Waals surface area (Å²) < 4.78 is 11.6. The van der Waals surface area contributed by atoms with Crippen molar-refractivity contribution in [3.63, 3.8) is 0 Å². The van der Waals surface area contributed by atoms with E-state index in [9.17, 15) is 4.79 Å². The third kappa shape index (κ3) is 4.79. The molecule has 0 radical (unpaired) electrons. The molecule has 5 nitrogen and oxygen atoms in total. The molecule has 0 bridgehead atoms. The molecule has 3 atom stereocenters. The molecule has 0 aliphatic carbocycles. The van der Waals surface area contributed by atoms with Gasteiger partial charge in [-0.05, 0) is 52.3 Å². The van der Waals surface area contributed by atoms with Crippen molar-refractivity contribution in [3.8, 4) is 11.5 Å². The predicted molar refractivity (Wildman–Crippen MR) is 101 cm³/mol. The van der Waals surface area contributed by atoms with Crippen LogP contribution in [0.15, 0.2) is 12.1 Å². The van der Waals surface area contributed by atoms with Gasteiger partial charge in [0.2, 0.25) is 5.91 Å². The zero-order valence-electron chi connectivity index (χ0n) is 15.3. The van der Waals surface area contributed by atoms with E-state index in [1.807, 2.05) is 13.0 Å². The van der Waals surface area contributed by atoms with Crippen LogP contribution in [0.3, 0.4) is 0 Å². The standard InChI is InChI=1S/C19H28N2O3.ClH/c1-4-23-17-9-15-8-13(3)24-18(15)10-16(17)11-21-19(22)14-5-6-20-12(2)7-14;/h9-10,12-14,20H,4-8,11H2,1-3H3,(H,21,22);1H/t12-,13?,14-;/m0./s1. The molecule has 0 saturated carbocycles. The normalized spacial score (nSPS) is 24.7. The lowest BCUT2D eigenvalue weighted by atomic mass is 9.92. The minimum atomic E-state index is 0. The van der Waals surface area contributed by atoms with E-state index in [0.29, 0.717) is 19.2 Å². The number of ether oxygens (including phenoxy) is 2. The number of rotatable bonds is 5. The largest absolute Gasteiger partial charge is 0.494 e. The summed E-state index contributed by atoms with van der Waals surface area (Å²) in [5.41, 5.74) is 2.17. The number of carbonyl (C=O) groups excluding carboxylic acids is 1. The van der Waals surface area contributed by atoms with Gasteiger partial charge < -0.3 is 20.1 Å². The highest BCUT2D eigenvalue weighted by atomic mass is 35.5. The van der Waals surface area contributed by atoms with Crippen LogP contribution >= 0.6 is 12.4 Å². The van der Waals surface area contributed by atoms with Gasteiger partial charge in [0.15, 0.2) is 0 Å². The van der Waals surface area contributed by atoms with Crippen molar-refractivity contribution in [3.05, 3.63) is 23.3 Å². The van der Waals surface area contributed by atoms with Gasteiger partial charge in [-0.25, -0.2) is 0 Å². The molecule has 2 N–H and O–H groups in total. The number of carbonyl (C=O) groups is 1. The Morgan fingerprint density at radius 3 is 2.92 bits per heavy atom. The molecular formula is C19H29ClN2O3. The molecule has 1 unspecified atom stereocenters. The molecule has 25 heavy (non-hydrogen) atoms. The van der Waals surface area contributed by atoms with E-state index in [1.165, 1.54) is 5.56 Å². The minimum Gasteiger partial charge on any atom is -0.494 e. The second-order valence-corrected chi connectivity index (χ2v) is 6.93. The van der Waals surface area contributed by atoms with Gasteiger partial charge in [-0.2, -0.15) is 0 Å². The summed E-state index contributed by atoms with van der Waals surface area (Å²) in [6.45, 7) is 8.18. The van der Waals surface area contributed by atoms with E-state index in [0.717, 1.165) is 42.9 Å². The van der Waals surface area contributed by atoms with Crippen LogP contribution in [0, 0.1) is 5.92 Å². The zero-order chi connectivity index (χ0) is 17.1. The molecule has 0 spiro atoms. The fourth-order valence-corrected chi connectivity index (χ4v) is 3.61. The number of piperidine rings is 1. The Labute approximate surface area is 156 Å². The molecule has 6 heteroatoms. The first-order valence-corrected chi connectivity index (χ1v) is 9.03. The van der Waals surface area contributed by atoms with Crippen molar-refractivity contribution in [1.29, 1.82) is 0 Å². The van der Waals surface area contributed by atoms with Crippen LogP contribution in [-0.2, 0) is 17.8 Å². The van der Waals surface area contributed by atoms with Crippen LogP contribution in [0.25, 0.3) is 0 Å². The van der Waals surface area contributed by atoms with Gasteiger partial charge in [-0.15, -0.1) is 12.4 Å². The van der Waals surface area contributed by atoms with Gasteiger partial charge in [0, 0.05) is 36.1 Å². The Morgan fingerprint density at radius 1 is 1.40 bits per heavy atom. The number of fused-ring (bicyclic) bond motifs is 1.